The van der Waals surface area contributed by atoms with E-state index in [0.717, 1.165) is 28.4 Å². The van der Waals surface area contributed by atoms with Crippen molar-refractivity contribution in [1.82, 2.24) is 0 Å². The molecular formula is C12H10ClIO. The van der Waals surface area contributed by atoms with E-state index in [0.29, 0.717) is 10.6 Å². The minimum Gasteiger partial charge on any atom is -0.289 e. The van der Waals surface area contributed by atoms with Crippen molar-refractivity contribution in [2.75, 3.05) is 0 Å². The fourth-order valence-electron chi connectivity index (χ4n) is 1.70. The second-order valence-electron chi connectivity index (χ2n) is 3.58. The van der Waals surface area contributed by atoms with Gasteiger partial charge in [0.15, 0.2) is 5.78 Å². The number of carbonyl (C=O) groups excluding carboxylic acids is 1. The highest BCUT2D eigenvalue weighted by molar-refractivity contribution is 14.1. The summed E-state index contributed by atoms with van der Waals surface area (Å²) >= 11 is 8.14. The van der Waals surface area contributed by atoms with Crippen LogP contribution in [0.5, 0.6) is 0 Å². The van der Waals surface area contributed by atoms with Gasteiger partial charge >= 0.3 is 0 Å². The molecule has 1 aromatic rings. The van der Waals surface area contributed by atoms with Gasteiger partial charge in [0, 0.05) is 9.13 Å². The Balaban J connectivity index is 2.29. The molecule has 0 spiro atoms. The Hall–Kier alpha value is -0.350. The zero-order valence-electron chi connectivity index (χ0n) is 8.09. The normalized spacial score (nSPS) is 15.2. The molecule has 2 rings (SSSR count). The van der Waals surface area contributed by atoms with Crippen LogP contribution in [0.1, 0.15) is 29.6 Å². The Bertz CT molecular complexity index is 437. The second kappa shape index (κ2) is 4.66. The summed E-state index contributed by atoms with van der Waals surface area (Å²) in [5, 5.41) is 0.653. The summed E-state index contributed by atoms with van der Waals surface area (Å²) in [6, 6.07) is 5.48. The molecule has 0 aliphatic heterocycles. The van der Waals surface area contributed by atoms with Gasteiger partial charge in [-0.15, -0.1) is 0 Å². The van der Waals surface area contributed by atoms with E-state index in [1.807, 2.05) is 18.2 Å². The summed E-state index contributed by atoms with van der Waals surface area (Å²) in [6.45, 7) is 0. The lowest BCUT2D eigenvalue weighted by Crippen LogP contribution is -2.01. The van der Waals surface area contributed by atoms with E-state index in [-0.39, 0.29) is 5.78 Å². The van der Waals surface area contributed by atoms with Gasteiger partial charge in [0.25, 0.3) is 0 Å². The molecule has 0 amide bonds. The van der Waals surface area contributed by atoms with Gasteiger partial charge in [-0.05, 0) is 65.6 Å². The van der Waals surface area contributed by atoms with Gasteiger partial charge < -0.3 is 0 Å². The van der Waals surface area contributed by atoms with E-state index in [1.165, 1.54) is 0 Å². The minimum absolute atomic E-state index is 0.130. The van der Waals surface area contributed by atoms with E-state index in [1.54, 1.807) is 6.07 Å². The lowest BCUT2D eigenvalue weighted by atomic mass is 10.0. The lowest BCUT2D eigenvalue weighted by molar-refractivity contribution is 0.103. The van der Waals surface area contributed by atoms with Crippen molar-refractivity contribution in [3.05, 3.63) is 44.0 Å². The maximum absolute atomic E-state index is 12.0. The minimum atomic E-state index is 0.130. The van der Waals surface area contributed by atoms with Crippen LogP contribution in [0.3, 0.4) is 0 Å². The van der Waals surface area contributed by atoms with Crippen LogP contribution < -0.4 is 0 Å². The number of ketones is 1. The van der Waals surface area contributed by atoms with E-state index in [9.17, 15) is 4.79 Å². The molecule has 0 atom stereocenters. The molecule has 0 unspecified atom stereocenters. The summed E-state index contributed by atoms with van der Waals surface area (Å²) in [7, 11) is 0. The summed E-state index contributed by atoms with van der Waals surface area (Å²) < 4.78 is 0.978. The van der Waals surface area contributed by atoms with Crippen molar-refractivity contribution in [2.45, 2.75) is 19.3 Å². The van der Waals surface area contributed by atoms with Gasteiger partial charge in [0.05, 0.1) is 5.02 Å². The molecule has 0 radical (unpaired) electrons. The van der Waals surface area contributed by atoms with Crippen LogP contribution in [0.2, 0.25) is 5.02 Å². The predicted molar refractivity (Wildman–Crippen MR) is 70.4 cm³/mol. The van der Waals surface area contributed by atoms with Crippen LogP contribution in [0, 0.1) is 3.57 Å². The number of hydrogen-bond acceptors (Lipinski definition) is 1. The van der Waals surface area contributed by atoms with Crippen molar-refractivity contribution in [3.63, 3.8) is 0 Å². The van der Waals surface area contributed by atoms with Gasteiger partial charge in [-0.25, -0.2) is 0 Å². The molecule has 1 nitrogen and oxygen atoms in total. The first kappa shape index (κ1) is 11.1. The SMILES string of the molecule is O=C(C1=CCCC1)c1ccc(I)c(Cl)c1. The number of hydrogen-bond donors (Lipinski definition) is 0. The molecule has 1 aliphatic carbocycles. The first-order valence-corrected chi connectivity index (χ1v) is 6.33. The number of allylic oxidation sites excluding steroid dienone is 2. The molecule has 78 valence electrons. The summed E-state index contributed by atoms with van der Waals surface area (Å²) in [5.41, 5.74) is 1.64. The summed E-state index contributed by atoms with van der Waals surface area (Å²) in [6.07, 6.45) is 5.06. The van der Waals surface area contributed by atoms with Gasteiger partial charge in [-0.2, -0.15) is 0 Å². The highest BCUT2D eigenvalue weighted by atomic mass is 127. The van der Waals surface area contributed by atoms with Gasteiger partial charge in [0.2, 0.25) is 0 Å². The molecule has 1 aliphatic rings. The fourth-order valence-corrected chi connectivity index (χ4v) is 2.22. The Kier molecular flexibility index (Phi) is 3.46. The van der Waals surface area contributed by atoms with E-state index in [2.05, 4.69) is 22.6 Å². The third kappa shape index (κ3) is 2.42. The van der Waals surface area contributed by atoms with E-state index < -0.39 is 0 Å². The number of rotatable bonds is 2. The van der Waals surface area contributed by atoms with Crippen LogP contribution in [0.4, 0.5) is 0 Å². The quantitative estimate of drug-likeness (QED) is 0.585. The maximum Gasteiger partial charge on any atom is 0.188 e. The second-order valence-corrected chi connectivity index (χ2v) is 5.15. The Morgan fingerprint density at radius 1 is 1.40 bits per heavy atom. The standard InChI is InChI=1S/C12H10ClIO/c13-10-7-9(5-6-11(10)14)12(15)8-3-1-2-4-8/h3,5-7H,1-2,4H2. The molecule has 0 aromatic heterocycles. The first-order valence-electron chi connectivity index (χ1n) is 4.87. The van der Waals surface area contributed by atoms with Gasteiger partial charge in [-0.3, -0.25) is 4.79 Å². The molecule has 0 fully saturated rings. The molecule has 0 saturated carbocycles. The Morgan fingerprint density at radius 2 is 2.20 bits per heavy atom. The zero-order valence-corrected chi connectivity index (χ0v) is 11.0. The third-order valence-corrected chi connectivity index (χ3v) is 4.09. The smallest absolute Gasteiger partial charge is 0.188 e. The molecule has 0 bridgehead atoms. The lowest BCUT2D eigenvalue weighted by Gasteiger charge is -2.03. The van der Waals surface area contributed by atoms with Crippen molar-refractivity contribution < 1.29 is 4.79 Å². The van der Waals surface area contributed by atoms with Crippen molar-refractivity contribution >= 4 is 40.0 Å². The number of Topliss-reactive ketones (excluding diaryl/α,β-unsaturated/α-hetero) is 1. The molecule has 15 heavy (non-hydrogen) atoms. The fraction of sp³-hybridized carbons (Fsp3) is 0.250. The Labute approximate surface area is 108 Å². The maximum atomic E-state index is 12.0. The average Bonchev–Trinajstić information content (AvgIpc) is 2.74. The van der Waals surface area contributed by atoms with Crippen LogP contribution in [0.25, 0.3) is 0 Å². The molecule has 0 N–H and O–H groups in total. The van der Waals surface area contributed by atoms with Crippen molar-refractivity contribution in [3.8, 4) is 0 Å². The Morgan fingerprint density at radius 3 is 2.80 bits per heavy atom. The average molecular weight is 333 g/mol. The molecule has 1 aromatic carbocycles. The zero-order chi connectivity index (χ0) is 10.8. The van der Waals surface area contributed by atoms with Crippen LogP contribution >= 0.6 is 34.2 Å². The van der Waals surface area contributed by atoms with Crippen LogP contribution in [0.15, 0.2) is 29.8 Å². The highest BCUT2D eigenvalue weighted by Gasteiger charge is 2.15. The molecule has 3 heteroatoms. The molecule has 0 heterocycles. The van der Waals surface area contributed by atoms with Crippen LogP contribution in [-0.4, -0.2) is 5.78 Å². The third-order valence-electron chi connectivity index (χ3n) is 2.51. The number of carbonyl (C=O) groups is 1. The van der Waals surface area contributed by atoms with Gasteiger partial charge in [0.1, 0.15) is 0 Å². The monoisotopic (exact) mass is 332 g/mol. The van der Waals surface area contributed by atoms with Crippen LogP contribution in [-0.2, 0) is 0 Å². The highest BCUT2D eigenvalue weighted by Crippen LogP contribution is 2.25. The number of benzene rings is 1. The van der Waals surface area contributed by atoms with Crippen molar-refractivity contribution in [2.24, 2.45) is 0 Å². The van der Waals surface area contributed by atoms with Gasteiger partial charge in [-0.1, -0.05) is 17.7 Å². The largest absolute Gasteiger partial charge is 0.289 e. The topological polar surface area (TPSA) is 17.1 Å². The summed E-state index contributed by atoms with van der Waals surface area (Å²) in [4.78, 5) is 12.0. The summed E-state index contributed by atoms with van der Waals surface area (Å²) in [5.74, 6) is 0.130. The molecular weight excluding hydrogens is 322 g/mol. The van der Waals surface area contributed by atoms with E-state index in [4.69, 9.17) is 11.6 Å². The number of halogens is 2. The van der Waals surface area contributed by atoms with E-state index >= 15 is 0 Å². The van der Waals surface area contributed by atoms with Crippen molar-refractivity contribution in [1.29, 1.82) is 0 Å². The predicted octanol–water partition coefficient (Wildman–Crippen LogP) is 4.24. The molecule has 0 saturated heterocycles. The first-order chi connectivity index (χ1) is 7.18.